The zero-order valence-electron chi connectivity index (χ0n) is 9.28. The van der Waals surface area contributed by atoms with Gasteiger partial charge in [-0.05, 0) is 35.2 Å². The van der Waals surface area contributed by atoms with Gasteiger partial charge < -0.3 is 0 Å². The van der Waals surface area contributed by atoms with Crippen molar-refractivity contribution in [1.29, 1.82) is 0 Å². The van der Waals surface area contributed by atoms with Crippen LogP contribution < -0.4 is 0 Å². The summed E-state index contributed by atoms with van der Waals surface area (Å²) in [6, 6.07) is 14.9. The third-order valence-corrected chi connectivity index (χ3v) is 2.57. The summed E-state index contributed by atoms with van der Waals surface area (Å²) in [6.45, 7) is 2.13. The van der Waals surface area contributed by atoms with Gasteiger partial charge in [-0.15, -0.1) is 0 Å². The first-order valence-electron chi connectivity index (χ1n) is 5.47. The minimum atomic E-state index is -0.195. The smallest absolute Gasteiger partial charge is 0.123 e. The molecule has 1 radical (unpaired) electrons. The fourth-order valence-corrected chi connectivity index (χ4v) is 1.64. The summed E-state index contributed by atoms with van der Waals surface area (Å²) in [4.78, 5) is 0. The number of aryl methyl sites for hydroxylation is 1. The van der Waals surface area contributed by atoms with E-state index in [9.17, 15) is 4.39 Å². The Hall–Kier alpha value is -1.63. The van der Waals surface area contributed by atoms with E-state index in [1.807, 2.05) is 12.5 Å². The van der Waals surface area contributed by atoms with Gasteiger partial charge in [0.05, 0.1) is 0 Å². The van der Waals surface area contributed by atoms with Gasteiger partial charge >= 0.3 is 0 Å². The van der Waals surface area contributed by atoms with E-state index in [0.717, 1.165) is 17.5 Å². The van der Waals surface area contributed by atoms with Crippen LogP contribution in [-0.2, 0) is 6.42 Å². The average Bonchev–Trinajstić information content (AvgIpc) is 2.30. The van der Waals surface area contributed by atoms with Crippen LogP contribution in [0, 0.1) is 12.2 Å². The molecule has 81 valence electrons. The van der Waals surface area contributed by atoms with Gasteiger partial charge in [-0.2, -0.15) is 0 Å². The summed E-state index contributed by atoms with van der Waals surface area (Å²) in [5, 5.41) is 0. The molecule has 0 fully saturated rings. The standard InChI is InChI=1S/C15H14F/c1-2-12-6-8-13(9-7-12)10-14-4-3-5-15(16)11-14/h3-11H,2H2,1H3. The lowest BCUT2D eigenvalue weighted by atomic mass is 10.0. The molecule has 2 aromatic carbocycles. The van der Waals surface area contributed by atoms with Crippen LogP contribution in [0.2, 0.25) is 0 Å². The van der Waals surface area contributed by atoms with Crippen molar-refractivity contribution in [1.82, 2.24) is 0 Å². The molecule has 0 saturated carbocycles. The highest BCUT2D eigenvalue weighted by atomic mass is 19.1. The Labute approximate surface area is 95.7 Å². The average molecular weight is 213 g/mol. The normalized spacial score (nSPS) is 10.4. The second kappa shape index (κ2) is 4.93. The lowest BCUT2D eigenvalue weighted by Gasteiger charge is -2.03. The number of halogens is 1. The summed E-state index contributed by atoms with van der Waals surface area (Å²) in [5.74, 6) is -0.195. The first-order chi connectivity index (χ1) is 7.78. The van der Waals surface area contributed by atoms with E-state index in [1.165, 1.54) is 17.7 Å². The molecular weight excluding hydrogens is 199 g/mol. The molecule has 0 aliphatic carbocycles. The zero-order valence-corrected chi connectivity index (χ0v) is 9.28. The van der Waals surface area contributed by atoms with Crippen LogP contribution in [-0.4, -0.2) is 0 Å². The SMILES string of the molecule is CCc1ccc([CH]c2cccc(F)c2)cc1. The Kier molecular flexibility index (Phi) is 3.35. The topological polar surface area (TPSA) is 0 Å². The Balaban J connectivity index is 2.14. The van der Waals surface area contributed by atoms with Gasteiger partial charge in [0, 0.05) is 6.42 Å². The van der Waals surface area contributed by atoms with E-state index in [2.05, 4.69) is 31.2 Å². The predicted molar refractivity (Wildman–Crippen MR) is 64.7 cm³/mol. The van der Waals surface area contributed by atoms with Gasteiger partial charge in [0.2, 0.25) is 0 Å². The summed E-state index contributed by atoms with van der Waals surface area (Å²) < 4.78 is 13.0. The molecule has 2 aromatic rings. The minimum absolute atomic E-state index is 0.195. The molecule has 0 atom stereocenters. The summed E-state index contributed by atoms with van der Waals surface area (Å²) in [5.41, 5.74) is 3.31. The van der Waals surface area contributed by atoms with Gasteiger partial charge in [0.25, 0.3) is 0 Å². The van der Waals surface area contributed by atoms with Crippen molar-refractivity contribution in [2.45, 2.75) is 13.3 Å². The second-order valence-electron chi connectivity index (χ2n) is 3.79. The van der Waals surface area contributed by atoms with Crippen LogP contribution >= 0.6 is 0 Å². The van der Waals surface area contributed by atoms with E-state index < -0.39 is 0 Å². The third-order valence-electron chi connectivity index (χ3n) is 2.57. The van der Waals surface area contributed by atoms with Crippen molar-refractivity contribution < 1.29 is 4.39 Å². The first kappa shape index (κ1) is 10.9. The van der Waals surface area contributed by atoms with Crippen molar-refractivity contribution in [3.63, 3.8) is 0 Å². The Morgan fingerprint density at radius 1 is 1.00 bits per heavy atom. The molecule has 1 heteroatoms. The molecule has 0 spiro atoms. The van der Waals surface area contributed by atoms with E-state index in [1.54, 1.807) is 6.07 Å². The van der Waals surface area contributed by atoms with Crippen LogP contribution in [0.4, 0.5) is 4.39 Å². The van der Waals surface area contributed by atoms with Gasteiger partial charge in [-0.25, -0.2) is 4.39 Å². The number of hydrogen-bond acceptors (Lipinski definition) is 0. The molecular formula is C15H14F. The molecule has 0 N–H and O–H groups in total. The van der Waals surface area contributed by atoms with Crippen molar-refractivity contribution in [3.05, 3.63) is 77.5 Å². The lowest BCUT2D eigenvalue weighted by molar-refractivity contribution is 0.627. The van der Waals surface area contributed by atoms with Gasteiger partial charge in [-0.3, -0.25) is 0 Å². The third kappa shape index (κ3) is 2.69. The minimum Gasteiger partial charge on any atom is -0.207 e. The lowest BCUT2D eigenvalue weighted by Crippen LogP contribution is -1.87. The molecule has 0 heterocycles. The fourth-order valence-electron chi connectivity index (χ4n) is 1.64. The van der Waals surface area contributed by atoms with Crippen molar-refractivity contribution in [2.75, 3.05) is 0 Å². The van der Waals surface area contributed by atoms with Crippen molar-refractivity contribution >= 4 is 0 Å². The van der Waals surface area contributed by atoms with E-state index in [-0.39, 0.29) is 5.82 Å². The Bertz CT molecular complexity index is 457. The summed E-state index contributed by atoms with van der Waals surface area (Å²) >= 11 is 0. The Morgan fingerprint density at radius 3 is 2.38 bits per heavy atom. The molecule has 0 bridgehead atoms. The molecule has 0 saturated heterocycles. The van der Waals surface area contributed by atoms with Crippen LogP contribution in [0.15, 0.2) is 48.5 Å². The van der Waals surface area contributed by atoms with Gasteiger partial charge in [0.1, 0.15) is 5.82 Å². The number of benzene rings is 2. The number of rotatable bonds is 3. The van der Waals surface area contributed by atoms with E-state index >= 15 is 0 Å². The van der Waals surface area contributed by atoms with Crippen LogP contribution in [0.5, 0.6) is 0 Å². The zero-order chi connectivity index (χ0) is 11.4. The van der Waals surface area contributed by atoms with Crippen molar-refractivity contribution in [2.24, 2.45) is 0 Å². The Morgan fingerprint density at radius 2 is 1.75 bits per heavy atom. The molecule has 0 unspecified atom stereocenters. The molecule has 0 aliphatic heterocycles. The predicted octanol–water partition coefficient (Wildman–Crippen LogP) is 3.99. The fraction of sp³-hybridized carbons (Fsp3) is 0.133. The number of hydrogen-bond donors (Lipinski definition) is 0. The van der Waals surface area contributed by atoms with Gasteiger partial charge in [0.15, 0.2) is 0 Å². The van der Waals surface area contributed by atoms with Crippen molar-refractivity contribution in [3.8, 4) is 0 Å². The maximum Gasteiger partial charge on any atom is 0.123 e. The van der Waals surface area contributed by atoms with E-state index in [0.29, 0.717) is 0 Å². The highest BCUT2D eigenvalue weighted by Gasteiger charge is 1.98. The van der Waals surface area contributed by atoms with Crippen LogP contribution in [0.3, 0.4) is 0 Å². The largest absolute Gasteiger partial charge is 0.207 e. The monoisotopic (exact) mass is 213 g/mol. The summed E-state index contributed by atoms with van der Waals surface area (Å²) in [7, 11) is 0. The second-order valence-corrected chi connectivity index (χ2v) is 3.79. The summed E-state index contributed by atoms with van der Waals surface area (Å²) in [6.07, 6.45) is 3.02. The molecule has 16 heavy (non-hydrogen) atoms. The molecule has 0 aromatic heterocycles. The van der Waals surface area contributed by atoms with Crippen LogP contribution in [0.25, 0.3) is 0 Å². The molecule has 2 rings (SSSR count). The highest BCUT2D eigenvalue weighted by Crippen LogP contribution is 2.14. The molecule has 0 aliphatic rings. The van der Waals surface area contributed by atoms with E-state index in [4.69, 9.17) is 0 Å². The quantitative estimate of drug-likeness (QED) is 0.723. The molecule has 0 nitrogen and oxygen atoms in total. The highest BCUT2D eigenvalue weighted by molar-refractivity contribution is 5.38. The first-order valence-corrected chi connectivity index (χ1v) is 5.47. The molecule has 0 amide bonds. The van der Waals surface area contributed by atoms with Crippen LogP contribution in [0.1, 0.15) is 23.6 Å². The maximum absolute atomic E-state index is 13.0. The van der Waals surface area contributed by atoms with Gasteiger partial charge in [-0.1, -0.05) is 43.3 Å². The maximum atomic E-state index is 13.0.